The first-order valence-corrected chi connectivity index (χ1v) is 9.50. The highest BCUT2D eigenvalue weighted by Crippen LogP contribution is 2.33. The number of allylic oxidation sites excluding steroid dienone is 1. The zero-order valence-electron chi connectivity index (χ0n) is 17.2. The molecule has 27 heavy (non-hydrogen) atoms. The van der Waals surface area contributed by atoms with Crippen LogP contribution in [0.25, 0.3) is 17.4 Å². The average molecular weight is 363 g/mol. The normalized spacial score (nSPS) is 13.2. The number of aromatic nitrogens is 3. The fourth-order valence-electron chi connectivity index (χ4n) is 3.84. The number of hydrogen-bond donors (Lipinski definition) is 1. The molecule has 1 aromatic carbocycles. The predicted molar refractivity (Wildman–Crippen MR) is 115 cm³/mol. The Kier molecular flexibility index (Phi) is 5.09. The van der Waals surface area contributed by atoms with E-state index in [0.29, 0.717) is 5.78 Å². The van der Waals surface area contributed by atoms with Gasteiger partial charge in [0.15, 0.2) is 0 Å². The molecule has 0 fully saturated rings. The lowest BCUT2D eigenvalue weighted by molar-refractivity contribution is 0.302. The Morgan fingerprint density at radius 1 is 1.07 bits per heavy atom. The van der Waals surface area contributed by atoms with Crippen molar-refractivity contribution >= 4 is 23.2 Å². The van der Waals surface area contributed by atoms with Crippen LogP contribution in [0.4, 0.5) is 5.82 Å². The second-order valence-electron chi connectivity index (χ2n) is 9.08. The van der Waals surface area contributed by atoms with Crippen LogP contribution in [0.3, 0.4) is 0 Å². The molecule has 3 aromatic rings. The average Bonchev–Trinajstić information content (AvgIpc) is 2.92. The summed E-state index contributed by atoms with van der Waals surface area (Å²) in [5, 5.41) is 3.75. The number of anilines is 1. The van der Waals surface area contributed by atoms with Gasteiger partial charge in [-0.3, -0.25) is 4.40 Å². The Morgan fingerprint density at radius 2 is 1.78 bits per heavy atom. The monoisotopic (exact) mass is 362 g/mol. The summed E-state index contributed by atoms with van der Waals surface area (Å²) >= 11 is 0. The highest BCUT2D eigenvalue weighted by Gasteiger charge is 2.28. The Hall–Kier alpha value is -2.62. The molecular formula is C23H30N4. The maximum atomic E-state index is 4.81. The van der Waals surface area contributed by atoms with Crippen molar-refractivity contribution in [2.24, 2.45) is 5.41 Å². The van der Waals surface area contributed by atoms with Gasteiger partial charge in [0, 0.05) is 17.9 Å². The molecule has 0 radical (unpaired) electrons. The van der Waals surface area contributed by atoms with Crippen molar-refractivity contribution in [3.8, 4) is 0 Å². The van der Waals surface area contributed by atoms with Gasteiger partial charge in [-0.05, 0) is 55.9 Å². The molecule has 2 aromatic heterocycles. The summed E-state index contributed by atoms with van der Waals surface area (Å²) in [7, 11) is 0. The summed E-state index contributed by atoms with van der Waals surface area (Å²) in [5.41, 5.74) is 3.37. The van der Waals surface area contributed by atoms with E-state index >= 15 is 0 Å². The maximum absolute atomic E-state index is 4.81. The third-order valence-electron chi connectivity index (χ3n) is 4.39. The second kappa shape index (κ2) is 7.18. The highest BCUT2D eigenvalue weighted by molar-refractivity contribution is 5.84. The molecule has 0 saturated carbocycles. The van der Waals surface area contributed by atoms with E-state index in [2.05, 4.69) is 82.2 Å². The van der Waals surface area contributed by atoms with E-state index in [1.165, 1.54) is 5.56 Å². The predicted octanol–water partition coefficient (Wildman–Crippen LogP) is 5.92. The van der Waals surface area contributed by atoms with Gasteiger partial charge in [-0.1, -0.05) is 51.1 Å². The van der Waals surface area contributed by atoms with Crippen LogP contribution < -0.4 is 5.32 Å². The molecule has 0 unspecified atom stereocenters. The number of nitrogens with zero attached hydrogens (tertiary/aromatic N) is 3. The van der Waals surface area contributed by atoms with Crippen LogP contribution in [0.1, 0.15) is 59.2 Å². The largest absolute Gasteiger partial charge is 0.364 e. The molecule has 1 N–H and O–H groups in total. The van der Waals surface area contributed by atoms with E-state index in [4.69, 9.17) is 4.98 Å². The van der Waals surface area contributed by atoms with Crippen LogP contribution in [0.5, 0.6) is 0 Å². The first-order valence-electron chi connectivity index (χ1n) is 9.50. The van der Waals surface area contributed by atoms with Crippen molar-refractivity contribution in [2.45, 2.75) is 53.5 Å². The molecule has 0 aliphatic rings. The SMILES string of the molecule is C/C(=C\c1ccccc1)c1nc2ncccn2c1NC(C)(C)CC(C)(C)C. The van der Waals surface area contributed by atoms with E-state index in [9.17, 15) is 0 Å². The van der Waals surface area contributed by atoms with Gasteiger partial charge in [0.2, 0.25) is 5.78 Å². The van der Waals surface area contributed by atoms with Gasteiger partial charge in [-0.25, -0.2) is 9.97 Å². The Bertz CT molecular complexity index is 943. The quantitative estimate of drug-likeness (QED) is 0.613. The van der Waals surface area contributed by atoms with Crippen molar-refractivity contribution in [3.05, 3.63) is 60.0 Å². The molecule has 0 atom stereocenters. The van der Waals surface area contributed by atoms with Crippen LogP contribution in [0.15, 0.2) is 48.8 Å². The Balaban J connectivity index is 2.06. The van der Waals surface area contributed by atoms with Crippen molar-refractivity contribution in [3.63, 3.8) is 0 Å². The minimum absolute atomic E-state index is 0.0775. The summed E-state index contributed by atoms with van der Waals surface area (Å²) in [6.07, 6.45) is 7.01. The molecule has 0 spiro atoms. The van der Waals surface area contributed by atoms with Crippen LogP contribution in [0.2, 0.25) is 0 Å². The molecule has 0 aliphatic heterocycles. The lowest BCUT2D eigenvalue weighted by Gasteiger charge is -2.34. The van der Waals surface area contributed by atoms with E-state index in [1.54, 1.807) is 6.20 Å². The van der Waals surface area contributed by atoms with Gasteiger partial charge in [-0.15, -0.1) is 0 Å². The van der Waals surface area contributed by atoms with Crippen LogP contribution in [-0.2, 0) is 0 Å². The molecule has 0 bridgehead atoms. The molecule has 4 nitrogen and oxygen atoms in total. The fourth-order valence-corrected chi connectivity index (χ4v) is 3.84. The molecule has 3 rings (SSSR count). The summed E-state index contributed by atoms with van der Waals surface area (Å²) in [6.45, 7) is 13.4. The Morgan fingerprint density at radius 3 is 2.44 bits per heavy atom. The standard InChI is InChI=1S/C23H30N4/c1-17(15-18-11-8-7-9-12-18)19-20(26-23(5,6)16-22(2,3)4)27-14-10-13-24-21(27)25-19/h7-15,26H,16H2,1-6H3/b17-15+. The zero-order chi connectivity index (χ0) is 19.7. The minimum Gasteiger partial charge on any atom is -0.364 e. The number of hydrogen-bond acceptors (Lipinski definition) is 3. The van der Waals surface area contributed by atoms with E-state index < -0.39 is 0 Å². The lowest BCUT2D eigenvalue weighted by atomic mass is 9.82. The van der Waals surface area contributed by atoms with Crippen LogP contribution in [-0.4, -0.2) is 19.9 Å². The first-order chi connectivity index (χ1) is 12.6. The van der Waals surface area contributed by atoms with Gasteiger partial charge in [0.25, 0.3) is 0 Å². The van der Waals surface area contributed by atoms with Crippen molar-refractivity contribution in [2.75, 3.05) is 5.32 Å². The van der Waals surface area contributed by atoms with E-state index in [1.807, 2.05) is 22.7 Å². The molecule has 0 aliphatic carbocycles. The molecule has 142 valence electrons. The number of rotatable bonds is 5. The smallest absolute Gasteiger partial charge is 0.235 e. The molecule has 0 saturated heterocycles. The maximum Gasteiger partial charge on any atom is 0.235 e. The van der Waals surface area contributed by atoms with Gasteiger partial charge in [0.1, 0.15) is 11.5 Å². The highest BCUT2D eigenvalue weighted by atomic mass is 15.2. The summed E-state index contributed by atoms with van der Waals surface area (Å²) in [5.74, 6) is 1.71. The summed E-state index contributed by atoms with van der Waals surface area (Å²) < 4.78 is 2.04. The van der Waals surface area contributed by atoms with Gasteiger partial charge in [-0.2, -0.15) is 0 Å². The van der Waals surface area contributed by atoms with Crippen LogP contribution in [0, 0.1) is 5.41 Å². The van der Waals surface area contributed by atoms with Crippen molar-refractivity contribution in [1.82, 2.24) is 14.4 Å². The fraction of sp³-hybridized carbons (Fsp3) is 0.391. The van der Waals surface area contributed by atoms with Gasteiger partial charge >= 0.3 is 0 Å². The third-order valence-corrected chi connectivity index (χ3v) is 4.39. The zero-order valence-corrected chi connectivity index (χ0v) is 17.2. The molecule has 2 heterocycles. The minimum atomic E-state index is -0.0775. The van der Waals surface area contributed by atoms with E-state index in [0.717, 1.165) is 23.5 Å². The van der Waals surface area contributed by atoms with Crippen molar-refractivity contribution < 1.29 is 0 Å². The molecule has 0 amide bonds. The van der Waals surface area contributed by atoms with Gasteiger partial charge < -0.3 is 5.32 Å². The molecular weight excluding hydrogens is 332 g/mol. The second-order valence-corrected chi connectivity index (χ2v) is 9.08. The number of nitrogens with one attached hydrogen (secondary N) is 1. The number of imidazole rings is 1. The van der Waals surface area contributed by atoms with Crippen LogP contribution >= 0.6 is 0 Å². The van der Waals surface area contributed by atoms with Crippen molar-refractivity contribution in [1.29, 1.82) is 0 Å². The number of benzene rings is 1. The third kappa shape index (κ3) is 4.76. The number of fused-ring (bicyclic) bond motifs is 1. The lowest BCUT2D eigenvalue weighted by Crippen LogP contribution is -2.36. The topological polar surface area (TPSA) is 42.2 Å². The van der Waals surface area contributed by atoms with Gasteiger partial charge in [0.05, 0.1) is 0 Å². The first kappa shape index (κ1) is 19.2. The summed E-state index contributed by atoms with van der Waals surface area (Å²) in [4.78, 5) is 9.25. The summed E-state index contributed by atoms with van der Waals surface area (Å²) in [6, 6.07) is 12.3. The Labute approximate surface area is 162 Å². The molecule has 4 heteroatoms. The van der Waals surface area contributed by atoms with E-state index in [-0.39, 0.29) is 11.0 Å².